The average Bonchev–Trinajstić information content (AvgIpc) is 2.43. The summed E-state index contributed by atoms with van der Waals surface area (Å²) in [4.78, 5) is 1.69. The Balaban J connectivity index is 3.17. The van der Waals surface area contributed by atoms with Crippen LogP contribution in [0.1, 0.15) is 29.7 Å². The van der Waals surface area contributed by atoms with Crippen LogP contribution >= 0.6 is 27.3 Å². The molecule has 0 saturated heterocycles. The molecule has 92 valence electrons. The van der Waals surface area contributed by atoms with Crippen LogP contribution in [-0.4, -0.2) is 24.5 Å². The molecule has 1 rings (SSSR count). The first kappa shape index (κ1) is 14.2. The lowest BCUT2D eigenvalue weighted by molar-refractivity contribution is 0.143. The number of aliphatic hydroxyl groups is 1. The van der Waals surface area contributed by atoms with Gasteiger partial charge < -0.3 is 5.11 Å². The van der Waals surface area contributed by atoms with Gasteiger partial charge in [-0.2, -0.15) is 0 Å². The highest BCUT2D eigenvalue weighted by atomic mass is 79.9. The molecule has 0 fully saturated rings. The van der Waals surface area contributed by atoms with E-state index in [1.54, 1.807) is 6.07 Å². The van der Waals surface area contributed by atoms with Crippen molar-refractivity contribution in [3.8, 4) is 0 Å². The van der Waals surface area contributed by atoms with E-state index in [1.807, 2.05) is 6.92 Å². The quantitative estimate of drug-likeness (QED) is 0.929. The third-order valence-corrected chi connectivity index (χ3v) is 7.08. The predicted octanol–water partition coefficient (Wildman–Crippen LogP) is 2.68. The number of sulfone groups is 1. The Hall–Kier alpha value is 0.0900. The van der Waals surface area contributed by atoms with Crippen molar-refractivity contribution in [2.75, 3.05) is 6.26 Å². The zero-order valence-electron chi connectivity index (χ0n) is 9.61. The molecule has 0 aliphatic rings. The summed E-state index contributed by atoms with van der Waals surface area (Å²) in [6, 6.07) is 1.78. The van der Waals surface area contributed by atoms with Crippen molar-refractivity contribution in [3.63, 3.8) is 0 Å². The summed E-state index contributed by atoms with van der Waals surface area (Å²) in [7, 11) is -3.31. The molecule has 0 aliphatic heterocycles. The lowest BCUT2D eigenvalue weighted by Crippen LogP contribution is -2.37. The molecule has 3 nitrogen and oxygen atoms in total. The fourth-order valence-electron chi connectivity index (χ4n) is 1.16. The van der Waals surface area contributed by atoms with Crippen molar-refractivity contribution >= 4 is 37.1 Å². The van der Waals surface area contributed by atoms with Gasteiger partial charge in [0.25, 0.3) is 0 Å². The second kappa shape index (κ2) is 4.40. The number of aryl methyl sites for hydroxylation is 1. The van der Waals surface area contributed by atoms with Crippen molar-refractivity contribution in [1.82, 2.24) is 0 Å². The zero-order chi connectivity index (χ0) is 12.7. The number of thiophene rings is 1. The second-order valence-corrected chi connectivity index (χ2v) is 9.07. The molecule has 0 amide bonds. The molecule has 1 heterocycles. The van der Waals surface area contributed by atoms with Gasteiger partial charge in [-0.3, -0.25) is 0 Å². The molecule has 1 atom stereocenters. The van der Waals surface area contributed by atoms with E-state index in [9.17, 15) is 13.5 Å². The van der Waals surface area contributed by atoms with Crippen LogP contribution in [0.5, 0.6) is 0 Å². The molecule has 16 heavy (non-hydrogen) atoms. The summed E-state index contributed by atoms with van der Waals surface area (Å²) in [5.74, 6) is 0. The van der Waals surface area contributed by atoms with Gasteiger partial charge in [0.1, 0.15) is 6.10 Å². The van der Waals surface area contributed by atoms with Gasteiger partial charge in [0.15, 0.2) is 9.84 Å². The fourth-order valence-corrected chi connectivity index (χ4v) is 3.50. The molecule has 0 aliphatic carbocycles. The Morgan fingerprint density at radius 1 is 1.50 bits per heavy atom. The molecular weight excluding hydrogens is 312 g/mol. The summed E-state index contributed by atoms with van der Waals surface area (Å²) in [6.45, 7) is 4.99. The Morgan fingerprint density at radius 2 is 2.00 bits per heavy atom. The lowest BCUT2D eigenvalue weighted by Gasteiger charge is -2.27. The number of aliphatic hydroxyl groups excluding tert-OH is 1. The van der Waals surface area contributed by atoms with Gasteiger partial charge in [-0.1, -0.05) is 0 Å². The van der Waals surface area contributed by atoms with Gasteiger partial charge in [0.2, 0.25) is 0 Å². The summed E-state index contributed by atoms with van der Waals surface area (Å²) >= 11 is 4.76. The second-order valence-electron chi connectivity index (χ2n) is 4.33. The van der Waals surface area contributed by atoms with Crippen LogP contribution in [0.15, 0.2) is 10.5 Å². The molecule has 1 N–H and O–H groups in total. The first-order valence-electron chi connectivity index (χ1n) is 4.71. The fraction of sp³-hybridized carbons (Fsp3) is 0.600. The van der Waals surface area contributed by atoms with Gasteiger partial charge in [-0.25, -0.2) is 8.42 Å². The molecule has 0 saturated carbocycles. The molecule has 0 bridgehead atoms. The van der Waals surface area contributed by atoms with E-state index in [-0.39, 0.29) is 0 Å². The van der Waals surface area contributed by atoms with Crippen LogP contribution in [0, 0.1) is 6.92 Å². The smallest absolute Gasteiger partial charge is 0.155 e. The molecule has 1 aromatic rings. The number of halogens is 1. The van der Waals surface area contributed by atoms with E-state index in [0.717, 1.165) is 15.6 Å². The Kier molecular flexibility index (Phi) is 3.89. The van der Waals surface area contributed by atoms with Gasteiger partial charge in [-0.05, 0) is 42.8 Å². The van der Waals surface area contributed by atoms with E-state index in [0.29, 0.717) is 4.88 Å². The van der Waals surface area contributed by atoms with Crippen LogP contribution in [0.3, 0.4) is 0 Å². The summed E-state index contributed by atoms with van der Waals surface area (Å²) < 4.78 is 22.9. The predicted molar refractivity (Wildman–Crippen MR) is 70.6 cm³/mol. The minimum absolute atomic E-state index is 0.666. The highest BCUT2D eigenvalue weighted by molar-refractivity contribution is 9.10. The van der Waals surface area contributed by atoms with Crippen molar-refractivity contribution < 1.29 is 13.5 Å². The molecule has 6 heteroatoms. The largest absolute Gasteiger partial charge is 0.386 e. The van der Waals surface area contributed by atoms with Gasteiger partial charge in [0, 0.05) is 20.5 Å². The number of rotatable bonds is 3. The van der Waals surface area contributed by atoms with Crippen LogP contribution in [0.25, 0.3) is 0 Å². The van der Waals surface area contributed by atoms with Crippen molar-refractivity contribution in [1.29, 1.82) is 0 Å². The molecule has 0 aromatic carbocycles. The zero-order valence-corrected chi connectivity index (χ0v) is 12.8. The maximum Gasteiger partial charge on any atom is 0.155 e. The molecule has 0 radical (unpaired) electrons. The van der Waals surface area contributed by atoms with E-state index in [2.05, 4.69) is 15.9 Å². The number of hydrogen-bond donors (Lipinski definition) is 1. The monoisotopic (exact) mass is 326 g/mol. The van der Waals surface area contributed by atoms with Gasteiger partial charge in [0.05, 0.1) is 4.75 Å². The normalized spacial score (nSPS) is 15.1. The van der Waals surface area contributed by atoms with Crippen LogP contribution in [0.4, 0.5) is 0 Å². The Morgan fingerprint density at radius 3 is 2.31 bits per heavy atom. The summed E-state index contributed by atoms with van der Waals surface area (Å²) in [5.41, 5.74) is 0. The van der Waals surface area contributed by atoms with Gasteiger partial charge >= 0.3 is 0 Å². The molecule has 0 spiro atoms. The SMILES string of the molecule is Cc1sc(C(O)C(C)(C)S(C)(=O)=O)cc1Br. The van der Waals surface area contributed by atoms with Crippen LogP contribution in [0.2, 0.25) is 0 Å². The molecule has 1 aromatic heterocycles. The first-order valence-corrected chi connectivity index (χ1v) is 8.21. The Bertz CT molecular complexity index is 469. The van der Waals surface area contributed by atoms with Crippen molar-refractivity contribution in [3.05, 3.63) is 20.3 Å². The minimum atomic E-state index is -3.31. The lowest BCUT2D eigenvalue weighted by atomic mass is 10.1. The highest BCUT2D eigenvalue weighted by Crippen LogP contribution is 2.38. The van der Waals surface area contributed by atoms with Gasteiger partial charge in [-0.15, -0.1) is 11.3 Å². The summed E-state index contributed by atoms with van der Waals surface area (Å²) in [5, 5.41) is 10.1. The van der Waals surface area contributed by atoms with E-state index >= 15 is 0 Å². The van der Waals surface area contributed by atoms with Crippen molar-refractivity contribution in [2.24, 2.45) is 0 Å². The van der Waals surface area contributed by atoms with Crippen LogP contribution in [-0.2, 0) is 9.84 Å². The minimum Gasteiger partial charge on any atom is -0.386 e. The molecule has 1 unspecified atom stereocenters. The topological polar surface area (TPSA) is 54.4 Å². The van der Waals surface area contributed by atoms with Crippen molar-refractivity contribution in [2.45, 2.75) is 31.6 Å². The maximum atomic E-state index is 11.6. The summed E-state index contributed by atoms with van der Waals surface area (Å²) in [6.07, 6.45) is 0.142. The van der Waals surface area contributed by atoms with E-state index < -0.39 is 20.7 Å². The first-order chi connectivity index (χ1) is 7.07. The number of hydrogen-bond acceptors (Lipinski definition) is 4. The third kappa shape index (κ3) is 2.50. The van der Waals surface area contributed by atoms with E-state index in [4.69, 9.17) is 0 Å². The highest BCUT2D eigenvalue weighted by Gasteiger charge is 2.39. The van der Waals surface area contributed by atoms with Crippen LogP contribution < -0.4 is 0 Å². The maximum absolute atomic E-state index is 11.6. The average molecular weight is 327 g/mol. The Labute approximate surface area is 109 Å². The van der Waals surface area contributed by atoms with E-state index in [1.165, 1.54) is 25.2 Å². The standard InChI is InChI=1S/C10H15BrO3S2/c1-6-7(11)5-8(15-6)9(12)10(2,3)16(4,13)14/h5,9,12H,1-4H3. The molecular formula is C10H15BrO3S2. The third-order valence-electron chi connectivity index (χ3n) is 2.76.